The van der Waals surface area contributed by atoms with Crippen LogP contribution in [0.4, 0.5) is 11.4 Å². The summed E-state index contributed by atoms with van der Waals surface area (Å²) in [5.74, 6) is 1.54. The van der Waals surface area contributed by atoms with E-state index in [9.17, 15) is 4.79 Å². The highest BCUT2D eigenvalue weighted by Crippen LogP contribution is 2.33. The van der Waals surface area contributed by atoms with E-state index in [0.29, 0.717) is 41.9 Å². The van der Waals surface area contributed by atoms with E-state index in [2.05, 4.69) is 32.5 Å². The molecule has 1 N–H and O–H groups in total. The normalized spacial score (nSPS) is 11.1. The fourth-order valence-electron chi connectivity index (χ4n) is 4.97. The number of nitrogens with one attached hydrogen (secondary N) is 1. The van der Waals surface area contributed by atoms with Gasteiger partial charge >= 0.3 is 0 Å². The zero-order chi connectivity index (χ0) is 31.8. The van der Waals surface area contributed by atoms with E-state index in [1.165, 1.54) is 5.56 Å². The number of carbonyl (C=O) groups is 1. The number of aryl methyl sites for hydroxylation is 2. The van der Waals surface area contributed by atoms with Gasteiger partial charge in [-0.05, 0) is 86.1 Å². The van der Waals surface area contributed by atoms with Crippen molar-refractivity contribution < 1.29 is 18.9 Å². The summed E-state index contributed by atoms with van der Waals surface area (Å²) in [4.78, 5) is 25.9. The van der Waals surface area contributed by atoms with Crippen LogP contribution in [0.25, 0.3) is 22.5 Å². The van der Waals surface area contributed by atoms with Crippen molar-refractivity contribution in [1.82, 2.24) is 15.0 Å². The summed E-state index contributed by atoms with van der Waals surface area (Å²) in [6, 6.07) is 29.5. The molecule has 0 aliphatic heterocycles. The van der Waals surface area contributed by atoms with Gasteiger partial charge in [-0.3, -0.25) is 9.63 Å². The van der Waals surface area contributed by atoms with Gasteiger partial charge in [0.25, 0.3) is 5.91 Å². The Labute approximate surface area is 264 Å². The highest BCUT2D eigenvalue weighted by molar-refractivity contribution is 6.04. The highest BCUT2D eigenvalue weighted by Gasteiger charge is 2.17. The van der Waals surface area contributed by atoms with Crippen molar-refractivity contribution in [3.05, 3.63) is 114 Å². The number of rotatable bonds is 13. The highest BCUT2D eigenvalue weighted by atomic mass is 16.7. The van der Waals surface area contributed by atoms with Crippen molar-refractivity contribution in [2.45, 2.75) is 20.3 Å². The standard InChI is InChI=1S/C36H39N5O4/c1-25-23-30(35-37-26(2)45-39-35)15-17-32(25)28-11-13-29(14-12-28)36(42)38-31-16-18-34(43-5)33(24-31)41(44-22-21-40(3)4)20-19-27-9-7-6-8-10-27/h6-18,23-24H,19-22H2,1-5H3,(H,38,42). The minimum Gasteiger partial charge on any atom is -0.494 e. The molecular weight excluding hydrogens is 566 g/mol. The molecular formula is C36H39N5O4. The van der Waals surface area contributed by atoms with Gasteiger partial charge in [-0.15, -0.1) is 0 Å². The fourth-order valence-corrected chi connectivity index (χ4v) is 4.97. The van der Waals surface area contributed by atoms with Crippen molar-refractivity contribution >= 4 is 17.3 Å². The summed E-state index contributed by atoms with van der Waals surface area (Å²) in [6.45, 7) is 5.70. The number of ether oxygens (including phenoxy) is 1. The summed E-state index contributed by atoms with van der Waals surface area (Å²) >= 11 is 0. The Morgan fingerprint density at radius 1 is 0.889 bits per heavy atom. The summed E-state index contributed by atoms with van der Waals surface area (Å²) in [5, 5.41) is 8.91. The smallest absolute Gasteiger partial charge is 0.255 e. The first-order chi connectivity index (χ1) is 21.8. The van der Waals surface area contributed by atoms with Crippen molar-refractivity contribution in [3.63, 3.8) is 0 Å². The monoisotopic (exact) mass is 605 g/mol. The molecule has 0 saturated carbocycles. The fraction of sp³-hybridized carbons (Fsp3) is 0.250. The first kappa shape index (κ1) is 31.4. The molecule has 45 heavy (non-hydrogen) atoms. The number of amides is 1. The number of aromatic nitrogens is 2. The van der Waals surface area contributed by atoms with Gasteiger partial charge in [0.05, 0.1) is 13.7 Å². The van der Waals surface area contributed by atoms with Crippen molar-refractivity contribution in [2.24, 2.45) is 0 Å². The molecule has 9 heteroatoms. The van der Waals surface area contributed by atoms with Gasteiger partial charge in [0.1, 0.15) is 11.4 Å². The molecule has 0 spiro atoms. The molecule has 1 amide bonds. The number of methoxy groups -OCH3 is 1. The van der Waals surface area contributed by atoms with Gasteiger partial charge in [-0.2, -0.15) is 4.98 Å². The second-order valence-electron chi connectivity index (χ2n) is 11.1. The van der Waals surface area contributed by atoms with E-state index in [4.69, 9.17) is 14.1 Å². The van der Waals surface area contributed by atoms with Crippen LogP contribution >= 0.6 is 0 Å². The Morgan fingerprint density at radius 2 is 1.64 bits per heavy atom. The zero-order valence-electron chi connectivity index (χ0n) is 26.4. The maximum absolute atomic E-state index is 13.3. The lowest BCUT2D eigenvalue weighted by molar-refractivity contribution is 0.0934. The molecule has 0 saturated heterocycles. The third-order valence-electron chi connectivity index (χ3n) is 7.41. The first-order valence-corrected chi connectivity index (χ1v) is 14.9. The molecule has 1 aromatic heterocycles. The molecule has 5 rings (SSSR count). The van der Waals surface area contributed by atoms with Crippen LogP contribution in [0.2, 0.25) is 0 Å². The number of carbonyl (C=O) groups excluding carboxylic acids is 1. The first-order valence-electron chi connectivity index (χ1n) is 14.9. The molecule has 0 bridgehead atoms. The second-order valence-corrected chi connectivity index (χ2v) is 11.1. The summed E-state index contributed by atoms with van der Waals surface area (Å²) in [6.07, 6.45) is 0.786. The number of hydrogen-bond donors (Lipinski definition) is 1. The third-order valence-corrected chi connectivity index (χ3v) is 7.41. The maximum Gasteiger partial charge on any atom is 0.255 e. The number of benzene rings is 4. The van der Waals surface area contributed by atoms with Gasteiger partial charge in [-0.25, -0.2) is 5.06 Å². The van der Waals surface area contributed by atoms with E-state index in [1.807, 2.05) is 105 Å². The average molecular weight is 606 g/mol. The average Bonchev–Trinajstić information content (AvgIpc) is 3.49. The van der Waals surface area contributed by atoms with E-state index >= 15 is 0 Å². The lowest BCUT2D eigenvalue weighted by Gasteiger charge is -2.27. The van der Waals surface area contributed by atoms with Crippen LogP contribution in [-0.4, -0.2) is 61.8 Å². The Balaban J connectivity index is 1.31. The Bertz CT molecular complexity index is 1720. The van der Waals surface area contributed by atoms with Crippen molar-refractivity contribution in [2.75, 3.05) is 51.3 Å². The molecule has 0 aliphatic rings. The summed E-state index contributed by atoms with van der Waals surface area (Å²) in [5.41, 5.74) is 7.19. The lowest BCUT2D eigenvalue weighted by Crippen LogP contribution is -2.30. The second kappa shape index (κ2) is 14.7. The molecule has 5 aromatic rings. The Kier molecular flexibility index (Phi) is 10.2. The van der Waals surface area contributed by atoms with Crippen LogP contribution in [0, 0.1) is 13.8 Å². The minimum absolute atomic E-state index is 0.207. The molecule has 0 atom stereocenters. The molecule has 1 heterocycles. The number of hydrogen-bond acceptors (Lipinski definition) is 8. The predicted octanol–water partition coefficient (Wildman–Crippen LogP) is 6.82. The van der Waals surface area contributed by atoms with Gasteiger partial charge in [0.15, 0.2) is 0 Å². The zero-order valence-corrected chi connectivity index (χ0v) is 26.4. The topological polar surface area (TPSA) is 93.0 Å². The van der Waals surface area contributed by atoms with Gasteiger partial charge in [-0.1, -0.05) is 59.8 Å². The molecule has 4 aromatic carbocycles. The van der Waals surface area contributed by atoms with Gasteiger partial charge in [0, 0.05) is 36.8 Å². The summed E-state index contributed by atoms with van der Waals surface area (Å²) < 4.78 is 10.8. The molecule has 9 nitrogen and oxygen atoms in total. The SMILES string of the molecule is COc1ccc(NC(=O)c2ccc(-c3ccc(-c4noc(C)n4)cc3C)cc2)cc1N(CCc1ccccc1)OCCN(C)C. The Hall–Kier alpha value is -4.99. The quantitative estimate of drug-likeness (QED) is 0.146. The molecule has 0 aliphatic carbocycles. The van der Waals surface area contributed by atoms with Crippen LogP contribution in [-0.2, 0) is 11.3 Å². The minimum atomic E-state index is -0.207. The third kappa shape index (κ3) is 8.14. The van der Waals surface area contributed by atoms with Crippen molar-refractivity contribution in [1.29, 1.82) is 0 Å². The summed E-state index contributed by atoms with van der Waals surface area (Å²) in [7, 11) is 5.66. The number of likely N-dealkylation sites (N-methyl/N-ethyl adjacent to an activating group) is 1. The molecule has 0 unspecified atom stereocenters. The van der Waals surface area contributed by atoms with Crippen LogP contribution in [0.5, 0.6) is 5.75 Å². The largest absolute Gasteiger partial charge is 0.494 e. The number of nitrogens with zero attached hydrogens (tertiary/aromatic N) is 4. The lowest BCUT2D eigenvalue weighted by atomic mass is 9.97. The van der Waals surface area contributed by atoms with Crippen LogP contribution in [0.15, 0.2) is 95.5 Å². The van der Waals surface area contributed by atoms with Crippen LogP contribution in [0.1, 0.15) is 27.4 Å². The molecule has 232 valence electrons. The Morgan fingerprint density at radius 3 is 2.31 bits per heavy atom. The van der Waals surface area contributed by atoms with E-state index in [-0.39, 0.29) is 5.91 Å². The van der Waals surface area contributed by atoms with Crippen molar-refractivity contribution in [3.8, 4) is 28.3 Å². The van der Waals surface area contributed by atoms with Gasteiger partial charge < -0.3 is 19.5 Å². The molecule has 0 fully saturated rings. The molecule has 0 radical (unpaired) electrons. The van der Waals surface area contributed by atoms with E-state index < -0.39 is 0 Å². The number of hydroxylamine groups is 1. The van der Waals surface area contributed by atoms with E-state index in [1.54, 1.807) is 14.0 Å². The predicted molar refractivity (Wildman–Crippen MR) is 178 cm³/mol. The van der Waals surface area contributed by atoms with E-state index in [0.717, 1.165) is 40.9 Å². The number of anilines is 2. The maximum atomic E-state index is 13.3. The van der Waals surface area contributed by atoms with Gasteiger partial charge in [0.2, 0.25) is 11.7 Å². The van der Waals surface area contributed by atoms with Crippen LogP contribution < -0.4 is 15.1 Å². The van der Waals surface area contributed by atoms with Crippen LogP contribution in [0.3, 0.4) is 0 Å².